The average Bonchev–Trinajstić information content (AvgIpc) is 2.53. The van der Waals surface area contributed by atoms with E-state index in [9.17, 15) is 4.79 Å². The van der Waals surface area contributed by atoms with Crippen LogP contribution in [0.15, 0.2) is 0 Å². The first kappa shape index (κ1) is 13.5. The fraction of sp³-hybridized carbons (Fsp3) is 0.917. The van der Waals surface area contributed by atoms with Crippen molar-refractivity contribution in [1.82, 2.24) is 4.90 Å². The van der Waals surface area contributed by atoms with Gasteiger partial charge in [-0.1, -0.05) is 0 Å². The molecule has 0 radical (unpaired) electrons. The van der Waals surface area contributed by atoms with E-state index in [-0.39, 0.29) is 24.0 Å². The Kier molecular flexibility index (Phi) is 4.74. The van der Waals surface area contributed by atoms with Gasteiger partial charge in [0.2, 0.25) is 5.91 Å². The molecule has 0 spiro atoms. The molecule has 1 fully saturated rings. The first-order valence-electron chi connectivity index (χ1n) is 5.95. The van der Waals surface area contributed by atoms with Crippen LogP contribution in [0.1, 0.15) is 33.6 Å². The monoisotopic (exact) mass is 229 g/mol. The lowest BCUT2D eigenvalue weighted by Crippen LogP contribution is -2.28. The molecule has 0 bridgehead atoms. The molecule has 0 aliphatic carbocycles. The van der Waals surface area contributed by atoms with Gasteiger partial charge in [-0.2, -0.15) is 0 Å². The summed E-state index contributed by atoms with van der Waals surface area (Å²) in [4.78, 5) is 13.3. The van der Waals surface area contributed by atoms with Crippen LogP contribution < -0.4 is 0 Å². The maximum absolute atomic E-state index is 11.5. The second-order valence-corrected chi connectivity index (χ2v) is 5.41. The fourth-order valence-electron chi connectivity index (χ4n) is 1.83. The maximum atomic E-state index is 11.5. The first-order chi connectivity index (χ1) is 7.42. The SMILES string of the molecule is CC(C)(C)OCCCN1CC(CO)CC1=O. The molecule has 16 heavy (non-hydrogen) atoms. The summed E-state index contributed by atoms with van der Waals surface area (Å²) in [5.41, 5.74) is -0.108. The summed E-state index contributed by atoms with van der Waals surface area (Å²) >= 11 is 0. The zero-order chi connectivity index (χ0) is 12.2. The molecule has 0 saturated carbocycles. The highest BCUT2D eigenvalue weighted by atomic mass is 16.5. The molecule has 0 aromatic carbocycles. The molecular weight excluding hydrogens is 206 g/mol. The maximum Gasteiger partial charge on any atom is 0.223 e. The number of hydrogen-bond acceptors (Lipinski definition) is 3. The second kappa shape index (κ2) is 5.64. The second-order valence-electron chi connectivity index (χ2n) is 5.41. The third-order valence-electron chi connectivity index (χ3n) is 2.66. The highest BCUT2D eigenvalue weighted by molar-refractivity contribution is 5.78. The van der Waals surface area contributed by atoms with Gasteiger partial charge in [-0.3, -0.25) is 4.79 Å². The number of hydrogen-bond donors (Lipinski definition) is 1. The largest absolute Gasteiger partial charge is 0.396 e. The predicted molar refractivity (Wildman–Crippen MR) is 62.1 cm³/mol. The van der Waals surface area contributed by atoms with Crippen molar-refractivity contribution in [3.05, 3.63) is 0 Å². The minimum atomic E-state index is -0.108. The molecule has 4 heteroatoms. The van der Waals surface area contributed by atoms with Crippen molar-refractivity contribution in [3.63, 3.8) is 0 Å². The van der Waals surface area contributed by atoms with Crippen molar-refractivity contribution in [2.75, 3.05) is 26.3 Å². The van der Waals surface area contributed by atoms with Crippen molar-refractivity contribution in [3.8, 4) is 0 Å². The number of carbonyl (C=O) groups is 1. The van der Waals surface area contributed by atoms with Gasteiger partial charge in [0.15, 0.2) is 0 Å². The Hall–Kier alpha value is -0.610. The molecule has 1 unspecified atom stereocenters. The van der Waals surface area contributed by atoms with Crippen LogP contribution in [0.2, 0.25) is 0 Å². The molecule has 1 heterocycles. The molecule has 0 aromatic rings. The van der Waals surface area contributed by atoms with E-state index in [0.29, 0.717) is 19.6 Å². The van der Waals surface area contributed by atoms with Crippen molar-refractivity contribution >= 4 is 5.91 Å². The van der Waals surface area contributed by atoms with Gasteiger partial charge in [0.25, 0.3) is 0 Å². The van der Waals surface area contributed by atoms with Crippen molar-refractivity contribution in [2.24, 2.45) is 5.92 Å². The van der Waals surface area contributed by atoms with Gasteiger partial charge in [-0.15, -0.1) is 0 Å². The van der Waals surface area contributed by atoms with Crippen molar-refractivity contribution < 1.29 is 14.6 Å². The Labute approximate surface area is 97.6 Å². The summed E-state index contributed by atoms with van der Waals surface area (Å²) in [5, 5.41) is 8.98. The third kappa shape index (κ3) is 4.49. The summed E-state index contributed by atoms with van der Waals surface area (Å²) in [5.74, 6) is 0.297. The number of amides is 1. The lowest BCUT2D eigenvalue weighted by Gasteiger charge is -2.21. The van der Waals surface area contributed by atoms with Crippen LogP contribution in [0.25, 0.3) is 0 Å². The number of rotatable bonds is 5. The van der Waals surface area contributed by atoms with Crippen LogP contribution in [0.3, 0.4) is 0 Å². The van der Waals surface area contributed by atoms with Gasteiger partial charge < -0.3 is 14.7 Å². The number of aliphatic hydroxyl groups excluding tert-OH is 1. The normalized spacial score (nSPS) is 21.9. The molecule has 1 aliphatic heterocycles. The lowest BCUT2D eigenvalue weighted by molar-refractivity contribution is -0.128. The summed E-state index contributed by atoms with van der Waals surface area (Å²) in [7, 11) is 0. The molecule has 1 aliphatic rings. The van der Waals surface area contributed by atoms with E-state index in [1.54, 1.807) is 0 Å². The van der Waals surface area contributed by atoms with Gasteiger partial charge >= 0.3 is 0 Å². The molecule has 1 N–H and O–H groups in total. The van der Waals surface area contributed by atoms with E-state index in [1.165, 1.54) is 0 Å². The van der Waals surface area contributed by atoms with Crippen LogP contribution in [0.4, 0.5) is 0 Å². The summed E-state index contributed by atoms with van der Waals surface area (Å²) in [6, 6.07) is 0. The van der Waals surface area contributed by atoms with E-state index < -0.39 is 0 Å². The van der Waals surface area contributed by atoms with Crippen molar-refractivity contribution in [1.29, 1.82) is 0 Å². The zero-order valence-electron chi connectivity index (χ0n) is 10.5. The van der Waals surface area contributed by atoms with Crippen LogP contribution in [-0.4, -0.2) is 47.8 Å². The van der Waals surface area contributed by atoms with Gasteiger partial charge in [0.1, 0.15) is 0 Å². The van der Waals surface area contributed by atoms with Gasteiger partial charge in [-0.05, 0) is 27.2 Å². The number of likely N-dealkylation sites (tertiary alicyclic amines) is 1. The van der Waals surface area contributed by atoms with Crippen LogP contribution in [0.5, 0.6) is 0 Å². The highest BCUT2D eigenvalue weighted by Crippen LogP contribution is 2.17. The van der Waals surface area contributed by atoms with Crippen LogP contribution in [0, 0.1) is 5.92 Å². The topological polar surface area (TPSA) is 49.8 Å². The molecule has 1 rings (SSSR count). The number of aliphatic hydroxyl groups is 1. The summed E-state index contributed by atoms with van der Waals surface area (Å²) in [6.07, 6.45) is 1.36. The minimum absolute atomic E-state index is 0.108. The smallest absolute Gasteiger partial charge is 0.223 e. The van der Waals surface area contributed by atoms with E-state index in [4.69, 9.17) is 9.84 Å². The van der Waals surface area contributed by atoms with Crippen LogP contribution in [-0.2, 0) is 9.53 Å². The van der Waals surface area contributed by atoms with E-state index in [0.717, 1.165) is 13.0 Å². The van der Waals surface area contributed by atoms with Gasteiger partial charge in [0.05, 0.1) is 5.60 Å². The highest BCUT2D eigenvalue weighted by Gasteiger charge is 2.28. The molecular formula is C12H23NO3. The Morgan fingerprint density at radius 2 is 2.19 bits per heavy atom. The Bertz CT molecular complexity index is 235. The third-order valence-corrected chi connectivity index (χ3v) is 2.66. The molecule has 4 nitrogen and oxygen atoms in total. The minimum Gasteiger partial charge on any atom is -0.396 e. The number of carbonyl (C=O) groups excluding carboxylic acids is 1. The lowest BCUT2D eigenvalue weighted by atomic mass is 10.1. The standard InChI is InChI=1S/C12H23NO3/c1-12(2,3)16-6-4-5-13-8-10(9-14)7-11(13)15/h10,14H,4-9H2,1-3H3. The summed E-state index contributed by atoms with van der Waals surface area (Å²) < 4.78 is 5.59. The van der Waals surface area contributed by atoms with Crippen LogP contribution >= 0.6 is 0 Å². The van der Waals surface area contributed by atoms with E-state index in [1.807, 2.05) is 25.7 Å². The Morgan fingerprint density at radius 3 is 2.69 bits per heavy atom. The Balaban J connectivity index is 2.16. The van der Waals surface area contributed by atoms with Crippen molar-refractivity contribution in [2.45, 2.75) is 39.2 Å². The molecule has 1 amide bonds. The zero-order valence-corrected chi connectivity index (χ0v) is 10.5. The van der Waals surface area contributed by atoms with E-state index >= 15 is 0 Å². The first-order valence-corrected chi connectivity index (χ1v) is 5.95. The van der Waals surface area contributed by atoms with Gasteiger partial charge in [0, 0.05) is 38.6 Å². The average molecular weight is 229 g/mol. The molecule has 1 atom stereocenters. The molecule has 94 valence electrons. The van der Waals surface area contributed by atoms with E-state index in [2.05, 4.69) is 0 Å². The fourth-order valence-corrected chi connectivity index (χ4v) is 1.83. The quantitative estimate of drug-likeness (QED) is 0.716. The summed E-state index contributed by atoms with van der Waals surface area (Å²) in [6.45, 7) is 8.30. The predicted octanol–water partition coefficient (Wildman–Crippen LogP) is 1.03. The number of nitrogens with zero attached hydrogens (tertiary/aromatic N) is 1. The van der Waals surface area contributed by atoms with Gasteiger partial charge in [-0.25, -0.2) is 0 Å². The Morgan fingerprint density at radius 1 is 1.50 bits per heavy atom. The molecule has 1 saturated heterocycles. The molecule has 0 aromatic heterocycles. The number of ether oxygens (including phenoxy) is 1.